The highest BCUT2D eigenvalue weighted by molar-refractivity contribution is 6.38. The van der Waals surface area contributed by atoms with E-state index >= 15 is 0 Å². The first-order valence-corrected chi connectivity index (χ1v) is 9.15. The molecular formula is C21H18Cl2N2O3. The molecule has 5 nitrogen and oxygen atoms in total. The van der Waals surface area contributed by atoms with Crippen LogP contribution in [0.3, 0.4) is 0 Å². The molecule has 0 saturated carbocycles. The predicted molar refractivity (Wildman–Crippen MR) is 113 cm³/mol. The first-order valence-electron chi connectivity index (χ1n) is 8.39. The van der Waals surface area contributed by atoms with Gasteiger partial charge in [-0.2, -0.15) is 5.10 Å². The minimum absolute atomic E-state index is 0.232. The molecule has 0 aliphatic rings. The van der Waals surface area contributed by atoms with Crippen molar-refractivity contribution < 1.29 is 14.3 Å². The lowest BCUT2D eigenvalue weighted by Crippen LogP contribution is -2.19. The molecule has 1 N–H and O–H groups in total. The van der Waals surface area contributed by atoms with Crippen molar-refractivity contribution in [3.8, 4) is 11.5 Å². The first kappa shape index (κ1) is 20.0. The SMILES string of the molecule is COc1c(Cl)cc(/C=N\NC(=O)c2c(C)ccc3ccccc23)c(OC)c1Cl. The summed E-state index contributed by atoms with van der Waals surface area (Å²) in [4.78, 5) is 12.7. The second kappa shape index (κ2) is 8.50. The topological polar surface area (TPSA) is 59.9 Å². The lowest BCUT2D eigenvalue weighted by Gasteiger charge is -2.12. The molecule has 0 saturated heterocycles. The summed E-state index contributed by atoms with van der Waals surface area (Å²) in [6.45, 7) is 1.89. The molecule has 0 radical (unpaired) electrons. The van der Waals surface area contributed by atoms with Crippen molar-refractivity contribution >= 4 is 46.1 Å². The second-order valence-electron chi connectivity index (χ2n) is 6.01. The molecule has 0 unspecified atom stereocenters. The van der Waals surface area contributed by atoms with Gasteiger partial charge in [-0.3, -0.25) is 4.79 Å². The van der Waals surface area contributed by atoms with Gasteiger partial charge in [0.15, 0.2) is 5.75 Å². The number of rotatable bonds is 5. The van der Waals surface area contributed by atoms with E-state index in [1.54, 1.807) is 6.07 Å². The normalized spacial score (nSPS) is 11.0. The number of ether oxygens (including phenoxy) is 2. The Hall–Kier alpha value is -2.76. The Morgan fingerprint density at radius 3 is 2.50 bits per heavy atom. The van der Waals surface area contributed by atoms with Crippen molar-refractivity contribution in [2.75, 3.05) is 14.2 Å². The molecule has 0 aliphatic heterocycles. The van der Waals surface area contributed by atoms with Crippen LogP contribution in [0.25, 0.3) is 10.8 Å². The molecule has 0 heterocycles. The third-order valence-corrected chi connectivity index (χ3v) is 4.93. The molecule has 0 aromatic heterocycles. The number of nitrogens with one attached hydrogen (secondary N) is 1. The number of nitrogens with zero attached hydrogens (tertiary/aromatic N) is 1. The molecule has 1 amide bonds. The van der Waals surface area contributed by atoms with E-state index in [1.165, 1.54) is 20.4 Å². The molecule has 3 aromatic rings. The molecule has 0 fully saturated rings. The number of carbonyl (C=O) groups excluding carboxylic acids is 1. The van der Waals surface area contributed by atoms with Crippen molar-refractivity contribution in [2.24, 2.45) is 5.10 Å². The van der Waals surface area contributed by atoms with Crippen LogP contribution in [0.1, 0.15) is 21.5 Å². The summed E-state index contributed by atoms with van der Waals surface area (Å²) in [7, 11) is 2.94. The second-order valence-corrected chi connectivity index (χ2v) is 6.79. The number of halogens is 2. The largest absolute Gasteiger partial charge is 0.494 e. The zero-order chi connectivity index (χ0) is 20.3. The van der Waals surface area contributed by atoms with Crippen LogP contribution < -0.4 is 14.9 Å². The van der Waals surface area contributed by atoms with Crippen LogP contribution in [0.4, 0.5) is 0 Å². The van der Waals surface area contributed by atoms with Gasteiger partial charge in [0, 0.05) is 5.56 Å². The van der Waals surface area contributed by atoms with Gasteiger partial charge in [0.25, 0.3) is 5.91 Å². The summed E-state index contributed by atoms with van der Waals surface area (Å²) < 4.78 is 10.5. The molecule has 3 rings (SSSR count). The number of benzene rings is 3. The van der Waals surface area contributed by atoms with Crippen LogP contribution in [-0.2, 0) is 0 Å². The van der Waals surface area contributed by atoms with E-state index in [1.807, 2.05) is 43.3 Å². The van der Waals surface area contributed by atoms with E-state index in [-0.39, 0.29) is 10.9 Å². The fraction of sp³-hybridized carbons (Fsp3) is 0.143. The predicted octanol–water partition coefficient (Wildman–Crippen LogP) is 5.24. The number of amides is 1. The zero-order valence-electron chi connectivity index (χ0n) is 15.5. The molecule has 28 heavy (non-hydrogen) atoms. The van der Waals surface area contributed by atoms with Gasteiger partial charge in [0.2, 0.25) is 0 Å². The van der Waals surface area contributed by atoms with E-state index in [0.717, 1.165) is 16.3 Å². The Kier molecular flexibility index (Phi) is 6.07. The molecule has 0 atom stereocenters. The van der Waals surface area contributed by atoms with Crippen molar-refractivity contribution in [1.29, 1.82) is 0 Å². The number of methoxy groups -OCH3 is 2. The summed E-state index contributed by atoms with van der Waals surface area (Å²) in [5.74, 6) is 0.352. The number of hydrogen-bond donors (Lipinski definition) is 1. The molecule has 0 aliphatic carbocycles. The number of hydrazone groups is 1. The fourth-order valence-corrected chi connectivity index (χ4v) is 3.69. The summed E-state index contributed by atoms with van der Waals surface area (Å²) >= 11 is 12.4. The molecule has 3 aromatic carbocycles. The van der Waals surface area contributed by atoms with Crippen LogP contribution in [0.5, 0.6) is 11.5 Å². The van der Waals surface area contributed by atoms with Gasteiger partial charge in [-0.05, 0) is 29.3 Å². The number of aryl methyl sites for hydroxylation is 1. The van der Waals surface area contributed by atoms with Gasteiger partial charge in [-0.1, -0.05) is 59.6 Å². The Morgan fingerprint density at radius 1 is 1.07 bits per heavy atom. The van der Waals surface area contributed by atoms with Crippen molar-refractivity contribution in [2.45, 2.75) is 6.92 Å². The van der Waals surface area contributed by atoms with E-state index in [0.29, 0.717) is 27.6 Å². The molecule has 7 heteroatoms. The van der Waals surface area contributed by atoms with E-state index < -0.39 is 0 Å². The lowest BCUT2D eigenvalue weighted by atomic mass is 9.99. The number of hydrogen-bond acceptors (Lipinski definition) is 4. The van der Waals surface area contributed by atoms with Gasteiger partial charge < -0.3 is 9.47 Å². The molecule has 0 spiro atoms. The average Bonchev–Trinajstić information content (AvgIpc) is 2.68. The average molecular weight is 417 g/mol. The van der Waals surface area contributed by atoms with E-state index in [9.17, 15) is 4.79 Å². The molecular weight excluding hydrogens is 399 g/mol. The Morgan fingerprint density at radius 2 is 1.79 bits per heavy atom. The first-order chi connectivity index (χ1) is 13.5. The van der Waals surface area contributed by atoms with E-state index in [4.69, 9.17) is 32.7 Å². The molecule has 144 valence electrons. The maximum absolute atomic E-state index is 12.7. The van der Waals surface area contributed by atoms with E-state index in [2.05, 4.69) is 10.5 Å². The Labute approximate surface area is 172 Å². The number of fused-ring (bicyclic) bond motifs is 1. The Balaban J connectivity index is 1.90. The van der Waals surface area contributed by atoms with Gasteiger partial charge in [-0.25, -0.2) is 5.43 Å². The lowest BCUT2D eigenvalue weighted by molar-refractivity contribution is 0.0956. The van der Waals surface area contributed by atoms with Crippen molar-refractivity contribution in [3.63, 3.8) is 0 Å². The van der Waals surface area contributed by atoms with Crippen molar-refractivity contribution in [1.82, 2.24) is 5.43 Å². The highest BCUT2D eigenvalue weighted by Gasteiger charge is 2.17. The minimum atomic E-state index is -0.310. The van der Waals surface area contributed by atoms with Crippen LogP contribution in [-0.4, -0.2) is 26.3 Å². The van der Waals surface area contributed by atoms with Gasteiger partial charge >= 0.3 is 0 Å². The summed E-state index contributed by atoms with van der Waals surface area (Å²) in [5, 5.41) is 6.44. The van der Waals surface area contributed by atoms with Gasteiger partial charge in [0.1, 0.15) is 10.8 Å². The molecule has 0 bridgehead atoms. The van der Waals surface area contributed by atoms with Crippen LogP contribution in [0.15, 0.2) is 47.6 Å². The minimum Gasteiger partial charge on any atom is -0.494 e. The standard InChI is InChI=1S/C21H18Cl2N2O3/c1-12-8-9-13-6-4-5-7-15(13)17(12)21(26)25-24-11-14-10-16(22)20(28-3)18(23)19(14)27-2/h4-11H,1-3H3,(H,25,26)/b24-11-. The maximum Gasteiger partial charge on any atom is 0.272 e. The summed E-state index contributed by atoms with van der Waals surface area (Å²) in [6.07, 6.45) is 1.42. The van der Waals surface area contributed by atoms with Crippen LogP contribution >= 0.6 is 23.2 Å². The third kappa shape index (κ3) is 3.77. The highest BCUT2D eigenvalue weighted by Crippen LogP contribution is 2.41. The van der Waals surface area contributed by atoms with Gasteiger partial charge in [0.05, 0.1) is 31.0 Å². The fourth-order valence-electron chi connectivity index (χ4n) is 2.99. The van der Waals surface area contributed by atoms with Crippen LogP contribution in [0.2, 0.25) is 10.0 Å². The third-order valence-electron chi connectivity index (χ3n) is 4.30. The quantitative estimate of drug-likeness (QED) is 0.457. The Bertz CT molecular complexity index is 1080. The summed E-state index contributed by atoms with van der Waals surface area (Å²) in [5.41, 5.74) is 4.50. The summed E-state index contributed by atoms with van der Waals surface area (Å²) in [6, 6.07) is 13.2. The smallest absolute Gasteiger partial charge is 0.272 e. The zero-order valence-corrected chi connectivity index (χ0v) is 17.1. The van der Waals surface area contributed by atoms with Crippen LogP contribution in [0, 0.1) is 6.92 Å². The number of carbonyl (C=O) groups is 1. The highest BCUT2D eigenvalue weighted by atomic mass is 35.5. The van der Waals surface area contributed by atoms with Crippen molar-refractivity contribution in [3.05, 3.63) is 69.2 Å². The van der Waals surface area contributed by atoms with Gasteiger partial charge in [-0.15, -0.1) is 0 Å². The monoisotopic (exact) mass is 416 g/mol. The maximum atomic E-state index is 12.7.